The minimum atomic E-state index is -0.398. The second-order valence-corrected chi connectivity index (χ2v) is 13.3. The van der Waals surface area contributed by atoms with Crippen molar-refractivity contribution in [2.45, 2.75) is 31.9 Å². The number of likely N-dealkylation sites (tertiary alicyclic amines) is 1. The molecule has 0 bridgehead atoms. The monoisotopic (exact) mass is 712 g/mol. The molecule has 2 amide bonds. The average molecular weight is 713 g/mol. The lowest BCUT2D eigenvalue weighted by atomic mass is 9.69. The highest BCUT2D eigenvalue weighted by molar-refractivity contribution is 14.1. The Morgan fingerprint density at radius 1 is 1.19 bits per heavy atom. The molecule has 1 aromatic carbocycles. The second-order valence-electron chi connectivity index (χ2n) is 11.1. The van der Waals surface area contributed by atoms with Crippen molar-refractivity contribution >= 4 is 57.4 Å². The number of hydrogen-bond donors (Lipinski definition) is 1. The summed E-state index contributed by atoms with van der Waals surface area (Å²) in [5.74, 6) is -0.544. The molecule has 2 aliphatic heterocycles. The van der Waals surface area contributed by atoms with Crippen LogP contribution in [0.5, 0.6) is 11.5 Å². The third kappa shape index (κ3) is 5.90. The van der Waals surface area contributed by atoms with Gasteiger partial charge in [-0.2, -0.15) is 0 Å². The Bertz CT molecular complexity index is 1570. The van der Waals surface area contributed by atoms with E-state index in [2.05, 4.69) is 33.7 Å². The van der Waals surface area contributed by atoms with Crippen molar-refractivity contribution in [2.75, 3.05) is 27.4 Å². The van der Waals surface area contributed by atoms with E-state index in [1.54, 1.807) is 24.6 Å². The standard InChI is InChI=1S/C33H33IN2O6S/c1-40-17-21-15-23-30(33(39)36(32(23)38)16-22-6-5-11-43-22)24-18-42-27(29(21)24)9-8-20(26-7-3-4-10-35-26)12-19-13-25(34)31(37)28(14-19)41-2/h3-7,10-14,23-24,27,30,37H,8-9,15-18H2,1-2H3/b20-12-/t23-,24+,27-,30-/m1/s1. The van der Waals surface area contributed by atoms with Gasteiger partial charge < -0.3 is 19.3 Å². The molecule has 0 radical (unpaired) electrons. The van der Waals surface area contributed by atoms with E-state index in [0.717, 1.165) is 32.9 Å². The van der Waals surface area contributed by atoms with Gasteiger partial charge in [-0.15, -0.1) is 11.3 Å². The van der Waals surface area contributed by atoms with Crippen molar-refractivity contribution in [3.05, 3.63) is 84.9 Å². The second kappa shape index (κ2) is 12.9. The number of hydrogen-bond acceptors (Lipinski definition) is 8. The topological polar surface area (TPSA) is 98.2 Å². The number of phenols is 1. The van der Waals surface area contributed by atoms with Gasteiger partial charge in [0, 0.05) is 24.1 Å². The Hall–Kier alpha value is -3.06. The van der Waals surface area contributed by atoms with Crippen LogP contribution in [0.1, 0.15) is 35.4 Å². The SMILES string of the molecule is COCC1=C2[C@@H](CC/C(=C/c3cc(I)c(O)c(OC)c3)c3ccccn3)OC[C@@H]2[C@@H]2C(=O)N(Cc3cccs3)C(=O)[C@@H]2C1. The highest BCUT2D eigenvalue weighted by atomic mass is 127. The van der Waals surface area contributed by atoms with Crippen LogP contribution in [0.3, 0.4) is 0 Å². The molecule has 2 aromatic heterocycles. The normalized spacial score (nSPS) is 23.6. The maximum atomic E-state index is 13.7. The molecule has 2 saturated heterocycles. The molecule has 8 nitrogen and oxygen atoms in total. The quantitative estimate of drug-likeness (QED) is 0.158. The van der Waals surface area contributed by atoms with E-state index in [0.29, 0.717) is 48.3 Å². The summed E-state index contributed by atoms with van der Waals surface area (Å²) in [6.45, 7) is 1.15. The molecule has 10 heteroatoms. The summed E-state index contributed by atoms with van der Waals surface area (Å²) in [6.07, 6.45) is 5.53. The van der Waals surface area contributed by atoms with Gasteiger partial charge in [-0.1, -0.05) is 12.1 Å². The molecule has 3 aliphatic rings. The van der Waals surface area contributed by atoms with Gasteiger partial charge in [-0.25, -0.2) is 0 Å². The van der Waals surface area contributed by atoms with Crippen LogP contribution >= 0.6 is 33.9 Å². The molecule has 2 fully saturated rings. The summed E-state index contributed by atoms with van der Waals surface area (Å²) >= 11 is 3.65. The molecule has 0 unspecified atom stereocenters. The zero-order chi connectivity index (χ0) is 30.1. The number of nitrogens with zero attached hydrogens (tertiary/aromatic N) is 2. The number of carbonyl (C=O) groups is 2. The Labute approximate surface area is 268 Å². The Kier molecular flexibility index (Phi) is 8.99. The van der Waals surface area contributed by atoms with Crippen molar-refractivity contribution < 1.29 is 28.9 Å². The number of carbonyl (C=O) groups excluding carboxylic acids is 2. The van der Waals surface area contributed by atoms with E-state index in [1.807, 2.05) is 47.8 Å². The van der Waals surface area contributed by atoms with Crippen LogP contribution in [0.4, 0.5) is 0 Å². The van der Waals surface area contributed by atoms with E-state index >= 15 is 0 Å². The number of imide groups is 1. The zero-order valence-electron chi connectivity index (χ0n) is 24.0. The van der Waals surface area contributed by atoms with Crippen LogP contribution in [0.25, 0.3) is 11.6 Å². The van der Waals surface area contributed by atoms with Crippen LogP contribution < -0.4 is 4.74 Å². The van der Waals surface area contributed by atoms with Crippen molar-refractivity contribution in [1.82, 2.24) is 9.88 Å². The number of ether oxygens (including phenoxy) is 3. The number of aromatic hydroxyl groups is 1. The number of phenolic OH excluding ortho intramolecular Hbond substituents is 1. The van der Waals surface area contributed by atoms with Crippen molar-refractivity contribution in [1.29, 1.82) is 0 Å². The number of fused-ring (bicyclic) bond motifs is 3. The minimum absolute atomic E-state index is 0.0844. The highest BCUT2D eigenvalue weighted by Gasteiger charge is 2.56. The molecule has 4 atom stereocenters. The van der Waals surface area contributed by atoms with Gasteiger partial charge in [0.2, 0.25) is 11.8 Å². The first-order valence-electron chi connectivity index (χ1n) is 14.3. The summed E-state index contributed by atoms with van der Waals surface area (Å²) in [4.78, 5) is 34.3. The number of halogens is 1. The lowest BCUT2D eigenvalue weighted by Crippen LogP contribution is -2.35. The molecular formula is C33H33IN2O6S. The minimum Gasteiger partial charge on any atom is -0.504 e. The number of methoxy groups -OCH3 is 2. The molecule has 4 heterocycles. The highest BCUT2D eigenvalue weighted by Crippen LogP contribution is 2.50. The molecule has 43 heavy (non-hydrogen) atoms. The number of aromatic nitrogens is 1. The zero-order valence-corrected chi connectivity index (χ0v) is 27.0. The molecule has 0 spiro atoms. The summed E-state index contributed by atoms with van der Waals surface area (Å²) in [7, 11) is 3.20. The largest absolute Gasteiger partial charge is 0.504 e. The Morgan fingerprint density at radius 2 is 2.05 bits per heavy atom. The van der Waals surface area contributed by atoms with Gasteiger partial charge >= 0.3 is 0 Å². The molecule has 224 valence electrons. The van der Waals surface area contributed by atoms with E-state index in [-0.39, 0.29) is 35.5 Å². The third-order valence-electron chi connectivity index (χ3n) is 8.59. The summed E-state index contributed by atoms with van der Waals surface area (Å²) < 4.78 is 18.1. The fraction of sp³-hybridized carbons (Fsp3) is 0.364. The molecule has 1 aliphatic carbocycles. The molecule has 6 rings (SSSR count). The summed E-state index contributed by atoms with van der Waals surface area (Å²) in [5.41, 5.74) is 4.98. The smallest absolute Gasteiger partial charge is 0.234 e. The molecule has 3 aromatic rings. The average Bonchev–Trinajstić information content (AvgIpc) is 3.74. The Balaban J connectivity index is 1.27. The van der Waals surface area contributed by atoms with Gasteiger partial charge in [0.15, 0.2) is 11.5 Å². The number of pyridine rings is 1. The van der Waals surface area contributed by atoms with Crippen molar-refractivity contribution in [3.8, 4) is 11.5 Å². The number of thiophene rings is 1. The number of amides is 2. The van der Waals surface area contributed by atoms with Crippen LogP contribution in [-0.2, 0) is 25.6 Å². The Morgan fingerprint density at radius 3 is 2.77 bits per heavy atom. The molecule has 1 N–H and O–H groups in total. The first-order valence-corrected chi connectivity index (χ1v) is 16.2. The number of allylic oxidation sites excluding steroid dienone is 1. The van der Waals surface area contributed by atoms with Gasteiger partial charge in [0.25, 0.3) is 0 Å². The van der Waals surface area contributed by atoms with Crippen molar-refractivity contribution in [2.24, 2.45) is 17.8 Å². The fourth-order valence-corrected chi connectivity index (χ4v) is 8.02. The third-order valence-corrected chi connectivity index (χ3v) is 10.3. The van der Waals surface area contributed by atoms with E-state index in [1.165, 1.54) is 12.0 Å². The summed E-state index contributed by atoms with van der Waals surface area (Å²) in [5, 5.41) is 12.3. The van der Waals surface area contributed by atoms with Gasteiger partial charge in [0.05, 0.1) is 54.1 Å². The van der Waals surface area contributed by atoms with E-state index in [9.17, 15) is 14.7 Å². The fourth-order valence-electron chi connectivity index (χ4n) is 6.71. The number of benzene rings is 1. The number of rotatable bonds is 10. The molecular weight excluding hydrogens is 679 g/mol. The summed E-state index contributed by atoms with van der Waals surface area (Å²) in [6, 6.07) is 13.5. The first-order chi connectivity index (χ1) is 20.9. The van der Waals surface area contributed by atoms with Crippen molar-refractivity contribution in [3.63, 3.8) is 0 Å². The van der Waals surface area contributed by atoms with Gasteiger partial charge in [-0.3, -0.25) is 19.5 Å². The van der Waals surface area contributed by atoms with Crippen LogP contribution in [0.2, 0.25) is 0 Å². The first kappa shape index (κ1) is 30.0. The van der Waals surface area contributed by atoms with E-state index < -0.39 is 5.92 Å². The van der Waals surface area contributed by atoms with Crippen LogP contribution in [0, 0.1) is 21.3 Å². The maximum Gasteiger partial charge on any atom is 0.234 e. The predicted molar refractivity (Wildman–Crippen MR) is 172 cm³/mol. The van der Waals surface area contributed by atoms with Gasteiger partial charge in [-0.05, 0) is 106 Å². The lowest BCUT2D eigenvalue weighted by Gasteiger charge is -2.31. The molecule has 0 saturated carbocycles. The maximum absolute atomic E-state index is 13.7. The van der Waals surface area contributed by atoms with Crippen LogP contribution in [0.15, 0.2) is 65.2 Å². The van der Waals surface area contributed by atoms with Gasteiger partial charge in [0.1, 0.15) is 0 Å². The van der Waals surface area contributed by atoms with Crippen LogP contribution in [-0.4, -0.2) is 60.3 Å². The lowest BCUT2D eigenvalue weighted by molar-refractivity contribution is -0.140. The predicted octanol–water partition coefficient (Wildman–Crippen LogP) is 5.95. The van der Waals surface area contributed by atoms with E-state index in [4.69, 9.17) is 14.2 Å².